The number of alkyl halides is 3. The molecule has 0 radical (unpaired) electrons. The summed E-state index contributed by atoms with van der Waals surface area (Å²) in [5.41, 5.74) is 0.879. The molecule has 0 aromatic heterocycles. The molecule has 2 nitrogen and oxygen atoms in total. The van der Waals surface area contributed by atoms with Crippen LogP contribution in [0.15, 0.2) is 42.5 Å². The van der Waals surface area contributed by atoms with Crippen LogP contribution in [0.3, 0.4) is 0 Å². The van der Waals surface area contributed by atoms with Gasteiger partial charge in [-0.05, 0) is 41.3 Å². The molecule has 0 aliphatic carbocycles. The maximum Gasteiger partial charge on any atom is 0.416 e. The van der Waals surface area contributed by atoms with Crippen molar-refractivity contribution in [3.63, 3.8) is 0 Å². The number of halogens is 3. The first kappa shape index (κ1) is 17.2. The first-order chi connectivity index (χ1) is 10.8. The van der Waals surface area contributed by atoms with E-state index in [9.17, 15) is 13.2 Å². The zero-order valence-corrected chi connectivity index (χ0v) is 13.3. The molecular formula is C18H19F3O2. The van der Waals surface area contributed by atoms with Crippen LogP contribution in [0.2, 0.25) is 0 Å². The number of methoxy groups -OCH3 is 1. The largest absolute Gasteiger partial charge is 0.493 e. The molecule has 0 saturated carbocycles. The third kappa shape index (κ3) is 4.41. The van der Waals surface area contributed by atoms with Crippen LogP contribution in [0.4, 0.5) is 13.2 Å². The van der Waals surface area contributed by atoms with E-state index in [0.717, 1.165) is 17.7 Å². The molecule has 0 saturated heterocycles. The lowest BCUT2D eigenvalue weighted by Gasteiger charge is -2.14. The van der Waals surface area contributed by atoms with E-state index in [1.54, 1.807) is 12.1 Å². The quantitative estimate of drug-likeness (QED) is 0.731. The fourth-order valence-corrected chi connectivity index (χ4v) is 2.16. The van der Waals surface area contributed by atoms with Crippen molar-refractivity contribution in [2.75, 3.05) is 7.11 Å². The van der Waals surface area contributed by atoms with Gasteiger partial charge in [0.15, 0.2) is 11.5 Å². The van der Waals surface area contributed by atoms with Crippen molar-refractivity contribution in [2.45, 2.75) is 32.5 Å². The van der Waals surface area contributed by atoms with Crippen LogP contribution in [0.1, 0.15) is 36.5 Å². The molecule has 23 heavy (non-hydrogen) atoms. The van der Waals surface area contributed by atoms with Crippen molar-refractivity contribution in [1.29, 1.82) is 0 Å². The Morgan fingerprint density at radius 3 is 2.35 bits per heavy atom. The maximum atomic E-state index is 12.7. The minimum atomic E-state index is -4.35. The lowest BCUT2D eigenvalue weighted by molar-refractivity contribution is -0.137. The highest BCUT2D eigenvalue weighted by molar-refractivity contribution is 5.44. The molecule has 0 bridgehead atoms. The summed E-state index contributed by atoms with van der Waals surface area (Å²) in [5, 5.41) is 0. The number of hydrogen-bond donors (Lipinski definition) is 0. The van der Waals surface area contributed by atoms with E-state index < -0.39 is 11.7 Å². The molecule has 124 valence electrons. The predicted molar refractivity (Wildman–Crippen MR) is 82.9 cm³/mol. The SMILES string of the molecule is COc1cc(C(C)C)ccc1OCc1cccc(C(F)(F)F)c1. The van der Waals surface area contributed by atoms with Crippen molar-refractivity contribution >= 4 is 0 Å². The lowest BCUT2D eigenvalue weighted by atomic mass is 10.0. The van der Waals surface area contributed by atoms with Crippen molar-refractivity contribution in [3.05, 3.63) is 59.2 Å². The molecule has 0 aliphatic rings. The van der Waals surface area contributed by atoms with Crippen LogP contribution in [-0.2, 0) is 12.8 Å². The number of rotatable bonds is 5. The Balaban J connectivity index is 2.15. The van der Waals surface area contributed by atoms with Crippen LogP contribution < -0.4 is 9.47 Å². The molecule has 0 heterocycles. The van der Waals surface area contributed by atoms with Gasteiger partial charge in [-0.15, -0.1) is 0 Å². The second-order valence-electron chi connectivity index (χ2n) is 5.55. The topological polar surface area (TPSA) is 18.5 Å². The minimum Gasteiger partial charge on any atom is -0.493 e. The summed E-state index contributed by atoms with van der Waals surface area (Å²) < 4.78 is 49.0. The van der Waals surface area contributed by atoms with Gasteiger partial charge >= 0.3 is 6.18 Å². The van der Waals surface area contributed by atoms with E-state index >= 15 is 0 Å². The molecule has 5 heteroatoms. The molecule has 2 rings (SSSR count). The molecule has 0 amide bonds. The highest BCUT2D eigenvalue weighted by Gasteiger charge is 2.30. The van der Waals surface area contributed by atoms with E-state index in [-0.39, 0.29) is 6.61 Å². The first-order valence-corrected chi connectivity index (χ1v) is 7.28. The predicted octanol–water partition coefficient (Wildman–Crippen LogP) is 5.42. The highest BCUT2D eigenvalue weighted by Crippen LogP contribution is 2.32. The second-order valence-corrected chi connectivity index (χ2v) is 5.55. The molecule has 0 fully saturated rings. The van der Waals surface area contributed by atoms with Crippen LogP contribution in [0.25, 0.3) is 0 Å². The third-order valence-corrected chi connectivity index (χ3v) is 3.50. The van der Waals surface area contributed by atoms with Crippen LogP contribution >= 0.6 is 0 Å². The van der Waals surface area contributed by atoms with Gasteiger partial charge in [0, 0.05) is 0 Å². The summed E-state index contributed by atoms with van der Waals surface area (Å²) in [6, 6.07) is 10.7. The van der Waals surface area contributed by atoms with Gasteiger partial charge in [0.05, 0.1) is 12.7 Å². The zero-order chi connectivity index (χ0) is 17.0. The third-order valence-electron chi connectivity index (χ3n) is 3.50. The van der Waals surface area contributed by atoms with Crippen molar-refractivity contribution in [3.8, 4) is 11.5 Å². The number of ether oxygens (including phenoxy) is 2. The van der Waals surface area contributed by atoms with Gasteiger partial charge in [-0.3, -0.25) is 0 Å². The van der Waals surface area contributed by atoms with E-state index in [2.05, 4.69) is 13.8 Å². The van der Waals surface area contributed by atoms with Crippen LogP contribution in [0, 0.1) is 0 Å². The van der Waals surface area contributed by atoms with Gasteiger partial charge in [-0.1, -0.05) is 32.0 Å². The van der Waals surface area contributed by atoms with Crippen LogP contribution in [0.5, 0.6) is 11.5 Å². The summed E-state index contributed by atoms with van der Waals surface area (Å²) in [6.07, 6.45) is -4.35. The van der Waals surface area contributed by atoms with Gasteiger partial charge < -0.3 is 9.47 Å². The Hall–Kier alpha value is -2.17. The fourth-order valence-electron chi connectivity index (χ4n) is 2.16. The fraction of sp³-hybridized carbons (Fsp3) is 0.333. The van der Waals surface area contributed by atoms with Gasteiger partial charge in [0.1, 0.15) is 6.61 Å². The number of hydrogen-bond acceptors (Lipinski definition) is 2. The molecule has 0 N–H and O–H groups in total. The standard InChI is InChI=1S/C18H19F3O2/c1-12(2)14-7-8-16(17(10-14)22-3)23-11-13-5-4-6-15(9-13)18(19,20)21/h4-10,12H,11H2,1-3H3. The van der Waals surface area contributed by atoms with Crippen LogP contribution in [-0.4, -0.2) is 7.11 Å². The molecule has 0 aliphatic heterocycles. The molecule has 2 aromatic carbocycles. The van der Waals surface area contributed by atoms with Crippen molar-refractivity contribution in [1.82, 2.24) is 0 Å². The van der Waals surface area contributed by atoms with Gasteiger partial charge in [-0.2, -0.15) is 13.2 Å². The average molecular weight is 324 g/mol. The normalized spacial score (nSPS) is 11.6. The van der Waals surface area contributed by atoms with Crippen molar-refractivity contribution in [2.24, 2.45) is 0 Å². The first-order valence-electron chi connectivity index (χ1n) is 7.28. The van der Waals surface area contributed by atoms with Gasteiger partial charge in [0.25, 0.3) is 0 Å². The van der Waals surface area contributed by atoms with E-state index in [0.29, 0.717) is 23.0 Å². The Morgan fingerprint density at radius 1 is 1.00 bits per heavy atom. The Morgan fingerprint density at radius 2 is 1.74 bits per heavy atom. The second kappa shape index (κ2) is 6.94. The Kier molecular flexibility index (Phi) is 5.19. The minimum absolute atomic E-state index is 0.0430. The Labute approximate surface area is 133 Å². The molecule has 0 spiro atoms. The highest BCUT2D eigenvalue weighted by atomic mass is 19.4. The summed E-state index contributed by atoms with van der Waals surface area (Å²) in [4.78, 5) is 0. The zero-order valence-electron chi connectivity index (χ0n) is 13.3. The lowest BCUT2D eigenvalue weighted by Crippen LogP contribution is -2.06. The molecular weight excluding hydrogens is 305 g/mol. The molecule has 0 atom stereocenters. The van der Waals surface area contributed by atoms with Gasteiger partial charge in [-0.25, -0.2) is 0 Å². The molecule has 2 aromatic rings. The molecule has 0 unspecified atom stereocenters. The smallest absolute Gasteiger partial charge is 0.416 e. The van der Waals surface area contributed by atoms with Gasteiger partial charge in [0.2, 0.25) is 0 Å². The summed E-state index contributed by atoms with van der Waals surface area (Å²) in [6.45, 7) is 4.18. The summed E-state index contributed by atoms with van der Waals surface area (Å²) in [7, 11) is 1.54. The monoisotopic (exact) mass is 324 g/mol. The number of benzene rings is 2. The van der Waals surface area contributed by atoms with Crippen molar-refractivity contribution < 1.29 is 22.6 Å². The van der Waals surface area contributed by atoms with E-state index in [1.165, 1.54) is 13.2 Å². The summed E-state index contributed by atoms with van der Waals surface area (Å²) in [5.74, 6) is 1.43. The van der Waals surface area contributed by atoms with E-state index in [1.807, 2.05) is 12.1 Å². The van der Waals surface area contributed by atoms with E-state index in [4.69, 9.17) is 9.47 Å². The maximum absolute atomic E-state index is 12.7. The Bertz CT molecular complexity index is 664. The summed E-state index contributed by atoms with van der Waals surface area (Å²) >= 11 is 0. The average Bonchev–Trinajstić information content (AvgIpc) is 2.52.